The van der Waals surface area contributed by atoms with Crippen molar-refractivity contribution in [2.45, 2.75) is 78.2 Å². The highest BCUT2D eigenvalue weighted by molar-refractivity contribution is 14.1. The summed E-state index contributed by atoms with van der Waals surface area (Å²) < 4.78 is 45.1. The first-order valence-corrected chi connectivity index (χ1v) is 16.4. The van der Waals surface area contributed by atoms with Gasteiger partial charge in [-0.05, 0) is 87.6 Å². The molecule has 2 heterocycles. The fraction of sp³-hybridized carbons (Fsp3) is 0.469. The molecule has 3 aromatic rings. The van der Waals surface area contributed by atoms with Crippen LogP contribution in [0.4, 0.5) is 13.6 Å². The Bertz CT molecular complexity index is 1580. The van der Waals surface area contributed by atoms with Crippen LogP contribution in [-0.2, 0) is 15.9 Å². The highest BCUT2D eigenvalue weighted by Crippen LogP contribution is 2.44. The van der Waals surface area contributed by atoms with Crippen molar-refractivity contribution in [1.82, 2.24) is 9.47 Å². The zero-order valence-electron chi connectivity index (χ0n) is 25.2. The molecule has 43 heavy (non-hydrogen) atoms. The van der Waals surface area contributed by atoms with E-state index >= 15 is 0 Å². The Morgan fingerprint density at radius 3 is 2.42 bits per heavy atom. The Morgan fingerprint density at radius 1 is 1.12 bits per heavy atom. The van der Waals surface area contributed by atoms with Gasteiger partial charge in [-0.1, -0.05) is 40.8 Å². The highest BCUT2D eigenvalue weighted by Gasteiger charge is 2.33. The number of carbonyl (C=O) groups excluding carboxylic acids is 2. The van der Waals surface area contributed by atoms with Crippen LogP contribution in [0, 0.1) is 0 Å². The number of rotatable bonds is 6. The van der Waals surface area contributed by atoms with Gasteiger partial charge in [0.25, 0.3) is 0 Å². The SMILES string of the molecule is CCOC(=O)c1cn(C2CC2)c2c(OC(F)F)c(-c3ccc4c(c3)CCN(C(=O)OC(C)(C)C)C4C)ccc2c1=O.CI. The van der Waals surface area contributed by atoms with Crippen LogP contribution in [0.1, 0.15) is 81.0 Å². The number of ether oxygens (including phenoxy) is 3. The number of esters is 1. The van der Waals surface area contributed by atoms with E-state index in [1.807, 2.05) is 44.8 Å². The van der Waals surface area contributed by atoms with Crippen LogP contribution < -0.4 is 10.2 Å². The number of hydrogen-bond acceptors (Lipinski definition) is 6. The topological polar surface area (TPSA) is 87.1 Å². The standard InChI is InChI=1S/C31H34F2N2O6.CH3I/c1-6-39-28(37)24-16-35(20-8-9-20)25-23(26(24)36)12-11-22(27(25)40-29(32)33)18-7-10-21-17(2)34(14-13-19(21)15-18)30(38)41-31(3,4)5;1-2/h7,10-12,15-17,20,29H,6,8-9,13-14H2,1-5H3;1H3. The summed E-state index contributed by atoms with van der Waals surface area (Å²) in [6, 6.07) is 8.46. The second kappa shape index (κ2) is 13.2. The predicted molar refractivity (Wildman–Crippen MR) is 170 cm³/mol. The Labute approximate surface area is 263 Å². The molecule has 8 nitrogen and oxygen atoms in total. The zero-order chi connectivity index (χ0) is 31.6. The summed E-state index contributed by atoms with van der Waals surface area (Å²) in [5.41, 5.74) is 1.85. The molecule has 2 aromatic carbocycles. The van der Waals surface area contributed by atoms with E-state index in [9.17, 15) is 23.2 Å². The number of carbonyl (C=O) groups is 2. The minimum atomic E-state index is -3.13. The lowest BCUT2D eigenvalue weighted by Crippen LogP contribution is -2.42. The van der Waals surface area contributed by atoms with Crippen molar-refractivity contribution in [2.24, 2.45) is 0 Å². The van der Waals surface area contributed by atoms with Crippen molar-refractivity contribution < 1.29 is 32.6 Å². The average molecular weight is 711 g/mol. The number of amides is 1. The predicted octanol–water partition coefficient (Wildman–Crippen LogP) is 7.69. The first-order chi connectivity index (χ1) is 20.4. The lowest BCUT2D eigenvalue weighted by atomic mass is 9.90. The van der Waals surface area contributed by atoms with Crippen LogP contribution in [0.25, 0.3) is 22.0 Å². The average Bonchev–Trinajstić information content (AvgIpc) is 3.79. The first kappa shape index (κ1) is 32.7. The van der Waals surface area contributed by atoms with Gasteiger partial charge in [-0.2, -0.15) is 8.78 Å². The van der Waals surface area contributed by atoms with E-state index in [0.29, 0.717) is 24.1 Å². The van der Waals surface area contributed by atoms with Crippen LogP contribution in [0.3, 0.4) is 0 Å². The molecule has 1 fully saturated rings. The van der Waals surface area contributed by atoms with E-state index in [-0.39, 0.29) is 47.0 Å². The highest BCUT2D eigenvalue weighted by atomic mass is 127. The van der Waals surface area contributed by atoms with Crippen LogP contribution in [0.15, 0.2) is 41.3 Å². The maximum Gasteiger partial charge on any atom is 0.410 e. The number of halogens is 3. The summed E-state index contributed by atoms with van der Waals surface area (Å²) in [5.74, 6) is -0.866. The third-order valence-corrected chi connectivity index (χ3v) is 7.41. The minimum Gasteiger partial charge on any atom is -0.462 e. The molecule has 0 bridgehead atoms. The van der Waals surface area contributed by atoms with E-state index in [1.54, 1.807) is 34.6 Å². The van der Waals surface area contributed by atoms with Crippen molar-refractivity contribution in [3.8, 4) is 16.9 Å². The molecule has 1 atom stereocenters. The summed E-state index contributed by atoms with van der Waals surface area (Å²) >= 11 is 2.15. The molecule has 0 saturated heterocycles. The first-order valence-electron chi connectivity index (χ1n) is 14.2. The van der Waals surface area contributed by atoms with Gasteiger partial charge in [0.1, 0.15) is 11.2 Å². The molecule has 1 aliphatic carbocycles. The number of pyridine rings is 1. The summed E-state index contributed by atoms with van der Waals surface area (Å²) in [6.07, 6.45) is 3.14. The van der Waals surface area contributed by atoms with Crippen molar-refractivity contribution in [3.63, 3.8) is 0 Å². The molecule has 1 aliphatic heterocycles. The number of nitrogens with zero attached hydrogens (tertiary/aromatic N) is 2. The molecular formula is C32H37F2IN2O6. The molecule has 0 radical (unpaired) electrons. The molecular weight excluding hydrogens is 673 g/mol. The third-order valence-electron chi connectivity index (χ3n) is 7.41. The molecule has 5 rings (SSSR count). The fourth-order valence-corrected chi connectivity index (χ4v) is 5.42. The maximum atomic E-state index is 13.8. The summed E-state index contributed by atoms with van der Waals surface area (Å²) in [6.45, 7) is 6.46. The Balaban J connectivity index is 0.00000207. The Hall–Kier alpha value is -3.22. The summed E-state index contributed by atoms with van der Waals surface area (Å²) in [4.78, 5) is 42.3. The fourth-order valence-electron chi connectivity index (χ4n) is 5.42. The van der Waals surface area contributed by atoms with E-state index in [0.717, 1.165) is 24.0 Å². The maximum absolute atomic E-state index is 13.8. The number of hydrogen-bond donors (Lipinski definition) is 0. The van der Waals surface area contributed by atoms with Crippen molar-refractivity contribution in [3.05, 3.63) is 63.4 Å². The number of fused-ring (bicyclic) bond motifs is 2. The van der Waals surface area contributed by atoms with Crippen molar-refractivity contribution >= 4 is 45.6 Å². The Kier molecular flexibility index (Phi) is 10.0. The smallest absolute Gasteiger partial charge is 0.410 e. The van der Waals surface area contributed by atoms with E-state index in [2.05, 4.69) is 22.6 Å². The number of benzene rings is 2. The van der Waals surface area contributed by atoms with Crippen molar-refractivity contribution in [2.75, 3.05) is 18.1 Å². The molecule has 1 aromatic heterocycles. The van der Waals surface area contributed by atoms with Crippen molar-refractivity contribution in [1.29, 1.82) is 0 Å². The lowest BCUT2D eigenvalue weighted by molar-refractivity contribution is -0.0486. The second-order valence-corrected chi connectivity index (χ2v) is 11.5. The molecule has 1 saturated carbocycles. The van der Waals surface area contributed by atoms with Gasteiger partial charge < -0.3 is 23.7 Å². The minimum absolute atomic E-state index is 0.0511. The van der Waals surface area contributed by atoms with E-state index in [1.165, 1.54) is 6.20 Å². The summed E-state index contributed by atoms with van der Waals surface area (Å²) in [7, 11) is 0. The molecule has 1 unspecified atom stereocenters. The Morgan fingerprint density at radius 2 is 1.81 bits per heavy atom. The van der Waals surface area contributed by atoms with Gasteiger partial charge in [0.05, 0.1) is 23.6 Å². The molecule has 0 spiro atoms. The summed E-state index contributed by atoms with van der Waals surface area (Å²) in [5, 5.41) is 0.112. The monoisotopic (exact) mass is 710 g/mol. The second-order valence-electron chi connectivity index (χ2n) is 11.5. The van der Waals surface area contributed by atoms with Crippen LogP contribution in [-0.4, -0.2) is 51.8 Å². The normalized spacial score (nSPS) is 16.3. The van der Waals surface area contributed by atoms with Gasteiger partial charge in [0.15, 0.2) is 5.75 Å². The quantitative estimate of drug-likeness (QED) is 0.148. The molecule has 11 heteroatoms. The van der Waals surface area contributed by atoms with Crippen LogP contribution in [0.2, 0.25) is 0 Å². The van der Waals surface area contributed by atoms with E-state index < -0.39 is 23.6 Å². The van der Waals surface area contributed by atoms with Gasteiger partial charge in [-0.3, -0.25) is 4.79 Å². The number of alkyl halides is 3. The van der Waals surface area contributed by atoms with Crippen LogP contribution in [0.5, 0.6) is 5.75 Å². The zero-order valence-corrected chi connectivity index (χ0v) is 27.4. The van der Waals surface area contributed by atoms with Crippen LogP contribution >= 0.6 is 22.6 Å². The van der Waals surface area contributed by atoms with Gasteiger partial charge in [0.2, 0.25) is 5.43 Å². The van der Waals surface area contributed by atoms with Gasteiger partial charge in [-0.25, -0.2) is 9.59 Å². The largest absolute Gasteiger partial charge is 0.462 e. The lowest BCUT2D eigenvalue weighted by Gasteiger charge is -2.36. The number of aromatic nitrogens is 1. The van der Waals surface area contributed by atoms with Gasteiger partial charge in [0, 0.05) is 24.3 Å². The molecule has 232 valence electrons. The van der Waals surface area contributed by atoms with Gasteiger partial charge >= 0.3 is 18.7 Å². The third kappa shape index (κ3) is 6.97. The molecule has 2 aliphatic rings. The van der Waals surface area contributed by atoms with Gasteiger partial charge in [-0.15, -0.1) is 0 Å². The molecule has 0 N–H and O–H groups in total. The molecule has 1 amide bonds. The van der Waals surface area contributed by atoms with E-state index in [4.69, 9.17) is 14.2 Å².